The fourth-order valence-electron chi connectivity index (χ4n) is 2.64. The molecule has 4 N–H and O–H groups in total. The predicted octanol–water partition coefficient (Wildman–Crippen LogP) is 2.25. The van der Waals surface area contributed by atoms with E-state index in [1.54, 1.807) is 12.1 Å². The van der Waals surface area contributed by atoms with E-state index < -0.39 is 5.97 Å². The van der Waals surface area contributed by atoms with Crippen molar-refractivity contribution in [3.63, 3.8) is 0 Å². The van der Waals surface area contributed by atoms with Gasteiger partial charge >= 0.3 is 5.97 Å². The van der Waals surface area contributed by atoms with Crippen molar-refractivity contribution in [1.29, 1.82) is 0 Å². The molecular formula is C15H23N3O2. The van der Waals surface area contributed by atoms with Crippen molar-refractivity contribution in [3.05, 3.63) is 23.8 Å². The Bertz CT molecular complexity index is 470. The number of carboxylic acids is 1. The molecule has 5 heteroatoms. The first-order valence-electron chi connectivity index (χ1n) is 7.18. The Labute approximate surface area is 119 Å². The van der Waals surface area contributed by atoms with Crippen LogP contribution in [0.5, 0.6) is 0 Å². The number of nitrogens with one attached hydrogen (secondary N) is 1. The zero-order valence-electron chi connectivity index (χ0n) is 11.9. The van der Waals surface area contributed by atoms with Gasteiger partial charge in [-0.2, -0.15) is 0 Å². The van der Waals surface area contributed by atoms with Gasteiger partial charge in [-0.3, -0.25) is 4.90 Å². The maximum atomic E-state index is 11.2. The highest BCUT2D eigenvalue weighted by molar-refractivity contribution is 5.95. The summed E-state index contributed by atoms with van der Waals surface area (Å²) in [6, 6.07) is 5.35. The standard InChI is InChI=1S/C15H23N3O2/c1-11(18-7-3-2-4-8-18)10-17-14-6-5-12(16)9-13(14)15(19)20/h5-6,9,11,17H,2-4,7-8,10,16H2,1H3,(H,19,20). The molecule has 1 aromatic carbocycles. The number of benzene rings is 1. The lowest BCUT2D eigenvalue weighted by molar-refractivity contribution is 0.0698. The number of nitrogen functional groups attached to an aromatic ring is 1. The summed E-state index contributed by atoms with van der Waals surface area (Å²) in [5.74, 6) is -0.953. The van der Waals surface area contributed by atoms with Crippen molar-refractivity contribution >= 4 is 17.3 Å². The highest BCUT2D eigenvalue weighted by atomic mass is 16.4. The fourth-order valence-corrected chi connectivity index (χ4v) is 2.64. The molecule has 1 atom stereocenters. The summed E-state index contributed by atoms with van der Waals surface area (Å²) in [4.78, 5) is 13.7. The van der Waals surface area contributed by atoms with E-state index in [9.17, 15) is 9.90 Å². The molecule has 0 spiro atoms. The molecule has 1 saturated heterocycles. The van der Waals surface area contributed by atoms with E-state index in [-0.39, 0.29) is 5.56 Å². The maximum absolute atomic E-state index is 11.2. The lowest BCUT2D eigenvalue weighted by atomic mass is 10.1. The average Bonchev–Trinajstić information content (AvgIpc) is 2.46. The lowest BCUT2D eigenvalue weighted by Crippen LogP contribution is -2.41. The molecule has 1 aliphatic heterocycles. The third-order valence-electron chi connectivity index (χ3n) is 3.88. The summed E-state index contributed by atoms with van der Waals surface area (Å²) in [6.45, 7) is 5.19. The Morgan fingerprint density at radius 2 is 2.10 bits per heavy atom. The van der Waals surface area contributed by atoms with E-state index in [0.717, 1.165) is 19.6 Å². The second kappa shape index (κ2) is 6.61. The highest BCUT2D eigenvalue weighted by Crippen LogP contribution is 2.20. The molecule has 0 amide bonds. The van der Waals surface area contributed by atoms with Gasteiger partial charge < -0.3 is 16.2 Å². The summed E-state index contributed by atoms with van der Waals surface area (Å²) in [7, 11) is 0. The van der Waals surface area contributed by atoms with Gasteiger partial charge in [0.1, 0.15) is 0 Å². The van der Waals surface area contributed by atoms with Crippen LogP contribution in [0.1, 0.15) is 36.5 Å². The summed E-state index contributed by atoms with van der Waals surface area (Å²) in [5.41, 5.74) is 6.98. The molecule has 20 heavy (non-hydrogen) atoms. The minimum Gasteiger partial charge on any atom is -0.478 e. The summed E-state index contributed by atoms with van der Waals surface area (Å²) in [5, 5.41) is 12.4. The van der Waals surface area contributed by atoms with Crippen LogP contribution in [0.15, 0.2) is 18.2 Å². The number of hydrogen-bond acceptors (Lipinski definition) is 4. The van der Waals surface area contributed by atoms with Crippen molar-refractivity contribution in [2.45, 2.75) is 32.2 Å². The molecule has 0 aliphatic carbocycles. The number of piperidine rings is 1. The van der Waals surface area contributed by atoms with Crippen LogP contribution in [0.3, 0.4) is 0 Å². The maximum Gasteiger partial charge on any atom is 0.337 e. The Kier molecular flexibility index (Phi) is 4.84. The van der Waals surface area contributed by atoms with Gasteiger partial charge in [-0.25, -0.2) is 4.79 Å². The number of hydrogen-bond donors (Lipinski definition) is 3. The third-order valence-corrected chi connectivity index (χ3v) is 3.88. The minimum absolute atomic E-state index is 0.232. The molecule has 0 bridgehead atoms. The first-order chi connectivity index (χ1) is 9.58. The van der Waals surface area contributed by atoms with Crippen molar-refractivity contribution < 1.29 is 9.90 Å². The smallest absolute Gasteiger partial charge is 0.337 e. The molecule has 2 rings (SSSR count). The number of rotatable bonds is 5. The number of aromatic carboxylic acids is 1. The Morgan fingerprint density at radius 3 is 2.75 bits per heavy atom. The monoisotopic (exact) mass is 277 g/mol. The van der Waals surface area contributed by atoms with E-state index >= 15 is 0 Å². The quantitative estimate of drug-likeness (QED) is 0.719. The molecule has 5 nitrogen and oxygen atoms in total. The van der Waals surface area contributed by atoms with Crippen LogP contribution in [0.4, 0.5) is 11.4 Å². The van der Waals surface area contributed by atoms with Gasteiger partial charge in [0.25, 0.3) is 0 Å². The molecular weight excluding hydrogens is 254 g/mol. The average molecular weight is 277 g/mol. The zero-order chi connectivity index (χ0) is 14.5. The normalized spacial score (nSPS) is 17.6. The van der Waals surface area contributed by atoms with E-state index in [1.165, 1.54) is 25.3 Å². The minimum atomic E-state index is -0.953. The Morgan fingerprint density at radius 1 is 1.40 bits per heavy atom. The first kappa shape index (κ1) is 14.7. The largest absolute Gasteiger partial charge is 0.478 e. The number of carboxylic acid groups (broad SMARTS) is 1. The summed E-state index contributed by atoms with van der Waals surface area (Å²) < 4.78 is 0. The molecule has 0 radical (unpaired) electrons. The van der Waals surface area contributed by atoms with Crippen LogP contribution in [0, 0.1) is 0 Å². The van der Waals surface area contributed by atoms with Gasteiger partial charge in [-0.15, -0.1) is 0 Å². The van der Waals surface area contributed by atoms with E-state index in [0.29, 0.717) is 17.4 Å². The van der Waals surface area contributed by atoms with Crippen LogP contribution < -0.4 is 11.1 Å². The van der Waals surface area contributed by atoms with E-state index in [1.807, 2.05) is 0 Å². The number of anilines is 2. The van der Waals surface area contributed by atoms with Crippen LogP contribution in [0.2, 0.25) is 0 Å². The van der Waals surface area contributed by atoms with Crippen molar-refractivity contribution in [2.24, 2.45) is 0 Å². The Balaban J connectivity index is 1.97. The van der Waals surface area contributed by atoms with Crippen molar-refractivity contribution in [1.82, 2.24) is 4.90 Å². The number of nitrogens with two attached hydrogens (primary N) is 1. The SMILES string of the molecule is CC(CNc1ccc(N)cc1C(=O)O)N1CCCCC1. The van der Waals surface area contributed by atoms with Gasteiger partial charge in [-0.05, 0) is 51.1 Å². The van der Waals surface area contributed by atoms with Gasteiger partial charge in [0.05, 0.1) is 5.56 Å². The molecule has 0 saturated carbocycles. The van der Waals surface area contributed by atoms with E-state index in [2.05, 4.69) is 17.1 Å². The van der Waals surface area contributed by atoms with Crippen LogP contribution in [0.25, 0.3) is 0 Å². The fraction of sp³-hybridized carbons (Fsp3) is 0.533. The molecule has 1 heterocycles. The van der Waals surface area contributed by atoms with Crippen LogP contribution in [-0.2, 0) is 0 Å². The topological polar surface area (TPSA) is 78.6 Å². The molecule has 110 valence electrons. The van der Waals surface area contributed by atoms with Crippen LogP contribution >= 0.6 is 0 Å². The second-order valence-corrected chi connectivity index (χ2v) is 5.44. The van der Waals surface area contributed by atoms with Gasteiger partial charge in [0.2, 0.25) is 0 Å². The molecule has 1 aliphatic rings. The second-order valence-electron chi connectivity index (χ2n) is 5.44. The van der Waals surface area contributed by atoms with Gasteiger partial charge in [0.15, 0.2) is 0 Å². The molecule has 1 unspecified atom stereocenters. The number of nitrogens with zero attached hydrogens (tertiary/aromatic N) is 1. The predicted molar refractivity (Wildman–Crippen MR) is 81.2 cm³/mol. The van der Waals surface area contributed by atoms with E-state index in [4.69, 9.17) is 5.73 Å². The first-order valence-corrected chi connectivity index (χ1v) is 7.18. The van der Waals surface area contributed by atoms with Crippen molar-refractivity contribution in [3.8, 4) is 0 Å². The van der Waals surface area contributed by atoms with Gasteiger partial charge in [-0.1, -0.05) is 6.42 Å². The van der Waals surface area contributed by atoms with Gasteiger partial charge in [0, 0.05) is 24.0 Å². The molecule has 0 aromatic heterocycles. The third kappa shape index (κ3) is 3.63. The number of carbonyl (C=O) groups is 1. The summed E-state index contributed by atoms with van der Waals surface area (Å²) in [6.07, 6.45) is 3.83. The van der Waals surface area contributed by atoms with Crippen molar-refractivity contribution in [2.75, 3.05) is 30.7 Å². The molecule has 1 aromatic rings. The number of likely N-dealkylation sites (tertiary alicyclic amines) is 1. The Hall–Kier alpha value is -1.75. The summed E-state index contributed by atoms with van der Waals surface area (Å²) >= 11 is 0. The lowest BCUT2D eigenvalue weighted by Gasteiger charge is -2.32. The highest BCUT2D eigenvalue weighted by Gasteiger charge is 2.17. The van der Waals surface area contributed by atoms with Crippen LogP contribution in [-0.4, -0.2) is 41.7 Å². The zero-order valence-corrected chi connectivity index (χ0v) is 11.9. The molecule has 1 fully saturated rings.